The number of hydrogen-bond acceptors (Lipinski definition) is 3. The summed E-state index contributed by atoms with van der Waals surface area (Å²) in [6.07, 6.45) is 14.2. The Hall–Kier alpha value is -2.94. The number of hydrogen-bond donors (Lipinski definition) is 1. The molecule has 2 fully saturated rings. The van der Waals surface area contributed by atoms with Crippen LogP contribution in [0.3, 0.4) is 0 Å². The number of carbonyl (C=O) groups is 1. The molecule has 5 rings (SSSR count). The monoisotopic (exact) mass is 494 g/mol. The summed E-state index contributed by atoms with van der Waals surface area (Å²) < 4.78 is 0. The van der Waals surface area contributed by atoms with Crippen molar-refractivity contribution < 1.29 is 4.79 Å². The summed E-state index contributed by atoms with van der Waals surface area (Å²) in [4.78, 5) is 17.9. The highest BCUT2D eigenvalue weighted by molar-refractivity contribution is 5.97. The highest BCUT2D eigenvalue weighted by atomic mass is 16.1. The van der Waals surface area contributed by atoms with Gasteiger partial charge in [0.2, 0.25) is 0 Å². The number of aryl methyl sites for hydroxylation is 1. The van der Waals surface area contributed by atoms with Crippen molar-refractivity contribution in [2.75, 3.05) is 5.32 Å². The van der Waals surface area contributed by atoms with Crippen molar-refractivity contribution in [2.24, 2.45) is 10.9 Å². The maximum absolute atomic E-state index is 13.0. The first-order valence-corrected chi connectivity index (χ1v) is 14.5. The third-order valence-corrected chi connectivity index (χ3v) is 8.59. The van der Waals surface area contributed by atoms with Gasteiger partial charge in [0, 0.05) is 29.8 Å². The molecule has 1 N–H and O–H groups in total. The lowest BCUT2D eigenvalue weighted by Gasteiger charge is -2.31. The maximum Gasteiger partial charge on any atom is 0.162 e. The summed E-state index contributed by atoms with van der Waals surface area (Å²) in [5, 5.41) is 3.62. The zero-order valence-corrected chi connectivity index (χ0v) is 22.7. The minimum Gasteiger partial charge on any atom is -0.354 e. The fourth-order valence-corrected chi connectivity index (χ4v) is 6.17. The minimum absolute atomic E-state index is 0.242. The van der Waals surface area contributed by atoms with Crippen LogP contribution in [-0.4, -0.2) is 11.5 Å². The van der Waals surface area contributed by atoms with E-state index >= 15 is 0 Å². The van der Waals surface area contributed by atoms with Crippen LogP contribution >= 0.6 is 0 Å². The number of benzene rings is 2. The molecule has 2 aromatic rings. The van der Waals surface area contributed by atoms with Gasteiger partial charge in [-0.05, 0) is 92.4 Å². The van der Waals surface area contributed by atoms with Gasteiger partial charge in [-0.25, -0.2) is 0 Å². The fourth-order valence-electron chi connectivity index (χ4n) is 6.17. The van der Waals surface area contributed by atoms with Gasteiger partial charge in [-0.3, -0.25) is 9.79 Å². The number of Topliss-reactive ketones (excluding diaryl/α,β-unsaturated/α-hetero) is 1. The number of nitrogens with one attached hydrogen (secondary N) is 1. The average molecular weight is 495 g/mol. The molecule has 0 spiro atoms. The number of aliphatic imine (C=N–C) groups is 1. The third-order valence-electron chi connectivity index (χ3n) is 8.59. The molecule has 3 heteroatoms. The van der Waals surface area contributed by atoms with Crippen molar-refractivity contribution in [3.63, 3.8) is 0 Å². The van der Waals surface area contributed by atoms with Crippen LogP contribution in [0.2, 0.25) is 0 Å². The van der Waals surface area contributed by atoms with E-state index in [-0.39, 0.29) is 5.78 Å². The molecule has 1 aliphatic heterocycles. The van der Waals surface area contributed by atoms with Crippen LogP contribution in [0.1, 0.15) is 116 Å². The molecule has 194 valence electrons. The Morgan fingerprint density at radius 2 is 1.65 bits per heavy atom. The molecule has 0 unspecified atom stereocenters. The van der Waals surface area contributed by atoms with Crippen LogP contribution in [0.4, 0.5) is 5.69 Å². The van der Waals surface area contributed by atoms with E-state index < -0.39 is 0 Å². The molecule has 0 aromatic heterocycles. The molecule has 2 aliphatic carbocycles. The van der Waals surface area contributed by atoms with E-state index in [0.29, 0.717) is 24.2 Å². The maximum atomic E-state index is 13.0. The second-order valence-corrected chi connectivity index (χ2v) is 11.4. The molecule has 3 aliphatic rings. The predicted octanol–water partition coefficient (Wildman–Crippen LogP) is 9.26. The van der Waals surface area contributed by atoms with E-state index in [1.165, 1.54) is 48.1 Å². The molecule has 0 atom stereocenters. The third kappa shape index (κ3) is 6.14. The largest absolute Gasteiger partial charge is 0.354 e. The highest BCUT2D eigenvalue weighted by Crippen LogP contribution is 2.44. The number of anilines is 1. The van der Waals surface area contributed by atoms with Gasteiger partial charge >= 0.3 is 0 Å². The number of rotatable bonds is 11. The van der Waals surface area contributed by atoms with Gasteiger partial charge in [-0.2, -0.15) is 0 Å². The Balaban J connectivity index is 1.34. The van der Waals surface area contributed by atoms with Gasteiger partial charge in [0.05, 0.1) is 11.4 Å². The van der Waals surface area contributed by atoms with Crippen molar-refractivity contribution in [1.82, 2.24) is 0 Å². The lowest BCUT2D eigenvalue weighted by molar-refractivity contribution is 0.0979. The summed E-state index contributed by atoms with van der Waals surface area (Å²) in [7, 11) is 0. The highest BCUT2D eigenvalue weighted by Gasteiger charge is 2.30. The van der Waals surface area contributed by atoms with Crippen molar-refractivity contribution in [3.05, 3.63) is 88.8 Å². The van der Waals surface area contributed by atoms with Crippen LogP contribution in [0.15, 0.2) is 71.5 Å². The zero-order chi connectivity index (χ0) is 25.8. The predicted molar refractivity (Wildman–Crippen MR) is 156 cm³/mol. The summed E-state index contributed by atoms with van der Waals surface area (Å²) in [6.45, 7) is 8.77. The Labute approximate surface area is 223 Å². The SMILES string of the molecule is C=C(Nc1cc(C(=O)CCCCC)ccc1C1CCC(c2ccccc2C)CC1)C1=CCC(C2CC2)=N1. The molecule has 0 amide bonds. The summed E-state index contributed by atoms with van der Waals surface area (Å²) in [5.41, 5.74) is 9.22. The quantitative estimate of drug-likeness (QED) is 0.250. The van der Waals surface area contributed by atoms with Gasteiger partial charge in [-0.15, -0.1) is 0 Å². The van der Waals surface area contributed by atoms with Gasteiger partial charge in [0.15, 0.2) is 5.78 Å². The Morgan fingerprint density at radius 1 is 0.946 bits per heavy atom. The van der Waals surface area contributed by atoms with Gasteiger partial charge in [-0.1, -0.05) is 68.8 Å². The zero-order valence-electron chi connectivity index (χ0n) is 22.7. The van der Waals surface area contributed by atoms with Gasteiger partial charge in [0.25, 0.3) is 0 Å². The molecule has 2 aromatic carbocycles. The van der Waals surface area contributed by atoms with Gasteiger partial charge < -0.3 is 5.32 Å². The van der Waals surface area contributed by atoms with Crippen molar-refractivity contribution >= 4 is 17.2 Å². The Morgan fingerprint density at radius 3 is 2.35 bits per heavy atom. The smallest absolute Gasteiger partial charge is 0.162 e. The Bertz CT molecular complexity index is 1210. The molecule has 0 saturated heterocycles. The summed E-state index contributed by atoms with van der Waals surface area (Å²) in [6, 6.07) is 15.2. The summed E-state index contributed by atoms with van der Waals surface area (Å²) in [5.74, 6) is 2.06. The Kier molecular flexibility index (Phi) is 8.08. The normalized spacial score (nSPS) is 21.4. The number of allylic oxidation sites excluding steroid dienone is 1. The number of nitrogens with zero attached hydrogens (tertiary/aromatic N) is 1. The first kappa shape index (κ1) is 25.7. The molecular formula is C34H42N2O. The summed E-state index contributed by atoms with van der Waals surface area (Å²) >= 11 is 0. The van der Waals surface area contributed by atoms with E-state index in [1.54, 1.807) is 0 Å². The second-order valence-electron chi connectivity index (χ2n) is 11.4. The molecular weight excluding hydrogens is 452 g/mol. The molecule has 2 saturated carbocycles. The number of carbonyl (C=O) groups excluding carboxylic acids is 1. The van der Waals surface area contributed by atoms with Crippen LogP contribution in [0, 0.1) is 12.8 Å². The molecule has 1 heterocycles. The number of unbranched alkanes of at least 4 members (excludes halogenated alkanes) is 2. The van der Waals surface area contributed by atoms with E-state index in [4.69, 9.17) is 4.99 Å². The first-order valence-electron chi connectivity index (χ1n) is 14.5. The molecule has 37 heavy (non-hydrogen) atoms. The molecule has 3 nitrogen and oxygen atoms in total. The van der Waals surface area contributed by atoms with E-state index in [2.05, 4.69) is 74.3 Å². The molecule has 0 radical (unpaired) electrons. The first-order chi connectivity index (χ1) is 18.0. The van der Waals surface area contributed by atoms with Crippen molar-refractivity contribution in [2.45, 2.75) is 96.3 Å². The van der Waals surface area contributed by atoms with E-state index in [1.807, 2.05) is 0 Å². The van der Waals surface area contributed by atoms with Crippen LogP contribution in [0.25, 0.3) is 0 Å². The van der Waals surface area contributed by atoms with Gasteiger partial charge in [0.1, 0.15) is 0 Å². The standard InChI is InChI=1S/C34H42N2O/c1-4-5-6-11-34(37)28-18-19-30(26-14-12-25(13-15-26)29-10-8-7-9-23(29)2)33(22-28)35-24(3)31-20-21-32(36-31)27-16-17-27/h7-10,18-20,22,25-27,35H,3-6,11-17,21H2,1-2H3. The van der Waals surface area contributed by atoms with Crippen LogP contribution in [0.5, 0.6) is 0 Å². The van der Waals surface area contributed by atoms with Crippen LogP contribution in [-0.2, 0) is 0 Å². The van der Waals surface area contributed by atoms with Crippen molar-refractivity contribution in [1.29, 1.82) is 0 Å². The van der Waals surface area contributed by atoms with Crippen molar-refractivity contribution in [3.8, 4) is 0 Å². The second kappa shape index (κ2) is 11.6. The topological polar surface area (TPSA) is 41.5 Å². The lowest BCUT2D eigenvalue weighted by atomic mass is 9.75. The number of ketones is 1. The lowest BCUT2D eigenvalue weighted by Crippen LogP contribution is -2.15. The molecule has 0 bridgehead atoms. The van der Waals surface area contributed by atoms with Crippen LogP contribution < -0.4 is 5.32 Å². The van der Waals surface area contributed by atoms with E-state index in [9.17, 15) is 4.79 Å². The minimum atomic E-state index is 0.242. The van der Waals surface area contributed by atoms with E-state index in [0.717, 1.165) is 61.2 Å². The fraction of sp³-hybridized carbons (Fsp3) is 0.471. The average Bonchev–Trinajstić information content (AvgIpc) is 3.65.